The predicted molar refractivity (Wildman–Crippen MR) is 64.6 cm³/mol. The Kier molecular flexibility index (Phi) is 5.40. The van der Waals surface area contributed by atoms with Crippen LogP contribution in [0.5, 0.6) is 17.2 Å². The van der Waals surface area contributed by atoms with E-state index in [1.807, 2.05) is 0 Å². The molecule has 0 radical (unpaired) electrons. The van der Waals surface area contributed by atoms with Crippen molar-refractivity contribution in [2.75, 3.05) is 27.4 Å². The third kappa shape index (κ3) is 3.73. The fraction of sp³-hybridized carbons (Fsp3) is 0.417. The number of benzene rings is 1. The van der Waals surface area contributed by atoms with Crippen LogP contribution in [0, 0.1) is 0 Å². The zero-order valence-electron chi connectivity index (χ0n) is 10.6. The number of rotatable bonds is 6. The largest absolute Gasteiger partial charge is 0.502 e. The lowest BCUT2D eigenvalue weighted by atomic mass is 10.2. The normalized spacial score (nSPS) is 11.8. The second-order valence-electron chi connectivity index (χ2n) is 3.66. The molecule has 1 atom stereocenters. The Bertz CT molecular complexity index is 419. The predicted octanol–water partition coefficient (Wildman–Crippen LogP) is -0.0806. The van der Waals surface area contributed by atoms with Gasteiger partial charge >= 0.3 is 5.97 Å². The first kappa shape index (κ1) is 15.1. The molecule has 3 N–H and O–H groups in total. The first-order valence-corrected chi connectivity index (χ1v) is 5.44. The van der Waals surface area contributed by atoms with Crippen LogP contribution in [0.2, 0.25) is 0 Å². The number of methoxy groups -OCH3 is 2. The van der Waals surface area contributed by atoms with Crippen LogP contribution < -0.4 is 9.47 Å². The minimum Gasteiger partial charge on any atom is -0.502 e. The van der Waals surface area contributed by atoms with Gasteiger partial charge in [0.15, 0.2) is 11.5 Å². The van der Waals surface area contributed by atoms with Gasteiger partial charge in [0, 0.05) is 0 Å². The molecule has 0 spiro atoms. The molecule has 106 valence electrons. The standard InChI is InChI=1S/C12H16O7/c1-17-9-3-7(4-10(18-2)11(9)15)12(16)19-6-8(14)5-13/h3-4,8,13-15H,5-6H2,1-2H3. The summed E-state index contributed by atoms with van der Waals surface area (Å²) in [7, 11) is 2.66. The molecule has 19 heavy (non-hydrogen) atoms. The number of aliphatic hydroxyl groups excluding tert-OH is 2. The van der Waals surface area contributed by atoms with Crippen molar-refractivity contribution < 1.29 is 34.3 Å². The van der Waals surface area contributed by atoms with Crippen molar-refractivity contribution >= 4 is 5.97 Å². The summed E-state index contributed by atoms with van der Waals surface area (Å²) in [6.07, 6.45) is -1.13. The number of phenolic OH excluding ortho intramolecular Hbond substituents is 1. The molecule has 0 aliphatic heterocycles. The molecule has 7 heteroatoms. The van der Waals surface area contributed by atoms with E-state index in [-0.39, 0.29) is 29.4 Å². The molecular weight excluding hydrogens is 256 g/mol. The second-order valence-corrected chi connectivity index (χ2v) is 3.66. The summed E-state index contributed by atoms with van der Waals surface area (Å²) in [5.41, 5.74) is 0.0941. The van der Waals surface area contributed by atoms with Gasteiger partial charge in [0.1, 0.15) is 12.7 Å². The van der Waals surface area contributed by atoms with Crippen LogP contribution in [0.4, 0.5) is 0 Å². The Morgan fingerprint density at radius 2 is 1.79 bits per heavy atom. The van der Waals surface area contributed by atoms with E-state index in [0.29, 0.717) is 0 Å². The van der Waals surface area contributed by atoms with Crippen molar-refractivity contribution in [1.82, 2.24) is 0 Å². The lowest BCUT2D eigenvalue weighted by molar-refractivity contribution is 0.00928. The van der Waals surface area contributed by atoms with Crippen molar-refractivity contribution in [3.05, 3.63) is 17.7 Å². The van der Waals surface area contributed by atoms with Crippen molar-refractivity contribution in [2.24, 2.45) is 0 Å². The molecule has 0 saturated carbocycles. The Hall–Kier alpha value is -1.99. The minimum atomic E-state index is -1.13. The van der Waals surface area contributed by atoms with Gasteiger partial charge in [0.05, 0.1) is 26.4 Å². The fourth-order valence-corrected chi connectivity index (χ4v) is 1.32. The van der Waals surface area contributed by atoms with Crippen LogP contribution in [0.3, 0.4) is 0 Å². The van der Waals surface area contributed by atoms with E-state index in [9.17, 15) is 9.90 Å². The van der Waals surface area contributed by atoms with Gasteiger partial charge in [0.2, 0.25) is 5.75 Å². The molecule has 1 aromatic carbocycles. The number of carbonyl (C=O) groups is 1. The SMILES string of the molecule is COc1cc(C(=O)OCC(O)CO)cc(OC)c1O. The van der Waals surface area contributed by atoms with E-state index < -0.39 is 18.7 Å². The second kappa shape index (κ2) is 6.81. The van der Waals surface area contributed by atoms with E-state index in [2.05, 4.69) is 0 Å². The molecule has 0 aliphatic rings. The zero-order chi connectivity index (χ0) is 14.4. The summed E-state index contributed by atoms with van der Waals surface area (Å²) in [4.78, 5) is 11.7. The number of aromatic hydroxyl groups is 1. The Labute approximate surface area is 110 Å². The summed E-state index contributed by atoms with van der Waals surface area (Å²) in [5.74, 6) is -0.830. The molecule has 0 aliphatic carbocycles. The molecule has 7 nitrogen and oxygen atoms in total. The third-order valence-corrected chi connectivity index (χ3v) is 2.33. The Morgan fingerprint density at radius 3 is 2.21 bits per heavy atom. The number of hydrogen-bond donors (Lipinski definition) is 3. The van der Waals surface area contributed by atoms with Crippen LogP contribution >= 0.6 is 0 Å². The number of esters is 1. The molecule has 0 aromatic heterocycles. The van der Waals surface area contributed by atoms with Crippen molar-refractivity contribution in [2.45, 2.75) is 6.10 Å². The first-order valence-electron chi connectivity index (χ1n) is 5.44. The molecular formula is C12H16O7. The highest BCUT2D eigenvalue weighted by molar-refractivity contribution is 5.91. The van der Waals surface area contributed by atoms with Crippen LogP contribution in [0.1, 0.15) is 10.4 Å². The maximum Gasteiger partial charge on any atom is 0.338 e. The van der Waals surface area contributed by atoms with Gasteiger partial charge in [-0.15, -0.1) is 0 Å². The molecule has 0 heterocycles. The van der Waals surface area contributed by atoms with E-state index in [1.165, 1.54) is 26.4 Å². The van der Waals surface area contributed by atoms with Crippen molar-refractivity contribution in [3.63, 3.8) is 0 Å². The number of aliphatic hydroxyl groups is 2. The molecule has 0 bridgehead atoms. The lowest BCUT2D eigenvalue weighted by Gasteiger charge is -2.12. The topological polar surface area (TPSA) is 105 Å². The maximum atomic E-state index is 11.7. The first-order chi connectivity index (χ1) is 9.03. The monoisotopic (exact) mass is 272 g/mol. The summed E-state index contributed by atoms with van der Waals surface area (Å²) < 4.78 is 14.6. The number of hydrogen-bond acceptors (Lipinski definition) is 7. The van der Waals surface area contributed by atoms with Crippen LogP contribution in [-0.2, 0) is 4.74 Å². The smallest absolute Gasteiger partial charge is 0.338 e. The van der Waals surface area contributed by atoms with Gasteiger partial charge in [0.25, 0.3) is 0 Å². The molecule has 0 amide bonds. The van der Waals surface area contributed by atoms with Gasteiger partial charge in [-0.25, -0.2) is 4.79 Å². The van der Waals surface area contributed by atoms with E-state index >= 15 is 0 Å². The van der Waals surface area contributed by atoms with Gasteiger partial charge in [-0.2, -0.15) is 0 Å². The lowest BCUT2D eigenvalue weighted by Crippen LogP contribution is -2.22. The Morgan fingerprint density at radius 1 is 1.26 bits per heavy atom. The van der Waals surface area contributed by atoms with E-state index in [1.54, 1.807) is 0 Å². The average Bonchev–Trinajstić information content (AvgIpc) is 2.44. The van der Waals surface area contributed by atoms with Crippen LogP contribution in [0.15, 0.2) is 12.1 Å². The number of carbonyl (C=O) groups excluding carboxylic acids is 1. The fourth-order valence-electron chi connectivity index (χ4n) is 1.32. The van der Waals surface area contributed by atoms with Crippen molar-refractivity contribution in [3.8, 4) is 17.2 Å². The van der Waals surface area contributed by atoms with E-state index in [4.69, 9.17) is 24.4 Å². The Balaban J connectivity index is 2.91. The van der Waals surface area contributed by atoms with E-state index in [0.717, 1.165) is 0 Å². The number of ether oxygens (including phenoxy) is 3. The van der Waals surface area contributed by atoms with Crippen LogP contribution in [-0.4, -0.2) is 54.8 Å². The van der Waals surface area contributed by atoms with Crippen molar-refractivity contribution in [1.29, 1.82) is 0 Å². The highest BCUT2D eigenvalue weighted by Gasteiger charge is 2.17. The summed E-state index contributed by atoms with van der Waals surface area (Å²) in [5, 5.41) is 27.4. The molecule has 1 aromatic rings. The minimum absolute atomic E-state index is 0.0639. The zero-order valence-corrected chi connectivity index (χ0v) is 10.6. The third-order valence-electron chi connectivity index (χ3n) is 2.33. The van der Waals surface area contributed by atoms with Gasteiger partial charge < -0.3 is 29.5 Å². The average molecular weight is 272 g/mol. The number of phenols is 1. The summed E-state index contributed by atoms with van der Waals surface area (Å²) in [6.45, 7) is -0.837. The quantitative estimate of drug-likeness (QED) is 0.622. The van der Waals surface area contributed by atoms with Gasteiger partial charge in [-0.05, 0) is 12.1 Å². The van der Waals surface area contributed by atoms with Gasteiger partial charge in [-0.3, -0.25) is 0 Å². The molecule has 0 fully saturated rings. The highest BCUT2D eigenvalue weighted by atomic mass is 16.5. The molecule has 1 unspecified atom stereocenters. The highest BCUT2D eigenvalue weighted by Crippen LogP contribution is 2.37. The van der Waals surface area contributed by atoms with Crippen LogP contribution in [0.25, 0.3) is 0 Å². The molecule has 0 saturated heterocycles. The molecule has 1 rings (SSSR count). The summed E-state index contributed by atoms with van der Waals surface area (Å²) >= 11 is 0. The van der Waals surface area contributed by atoms with Gasteiger partial charge in [-0.1, -0.05) is 0 Å². The summed E-state index contributed by atoms with van der Waals surface area (Å²) in [6, 6.07) is 2.57. The maximum absolute atomic E-state index is 11.7.